The molecule has 1 aliphatic carbocycles. The van der Waals surface area contributed by atoms with Gasteiger partial charge in [0.2, 0.25) is 5.88 Å². The number of aliphatic hydroxyl groups excluding tert-OH is 1. The minimum atomic E-state index is 0.0559. The third-order valence-corrected chi connectivity index (χ3v) is 6.67. The second-order valence-electron chi connectivity index (χ2n) is 9.25. The summed E-state index contributed by atoms with van der Waals surface area (Å²) in [5, 5.41) is 12.2. The van der Waals surface area contributed by atoms with Gasteiger partial charge in [0.05, 0.1) is 0 Å². The van der Waals surface area contributed by atoms with E-state index in [1.54, 1.807) is 6.20 Å². The van der Waals surface area contributed by atoms with Gasteiger partial charge < -0.3 is 20.1 Å². The largest absolute Gasteiger partial charge is 0.439 e. The zero-order valence-corrected chi connectivity index (χ0v) is 19.8. The van der Waals surface area contributed by atoms with E-state index in [2.05, 4.69) is 46.7 Å². The number of piperidine rings is 1. The van der Waals surface area contributed by atoms with Gasteiger partial charge in [-0.05, 0) is 54.5 Å². The molecule has 2 fully saturated rings. The molecular weight excluding hydrogens is 438 g/mol. The van der Waals surface area contributed by atoms with Crippen molar-refractivity contribution in [3.63, 3.8) is 0 Å². The minimum Gasteiger partial charge on any atom is -0.439 e. The van der Waals surface area contributed by atoms with E-state index in [1.807, 2.05) is 41.3 Å². The third-order valence-electron chi connectivity index (χ3n) is 6.67. The van der Waals surface area contributed by atoms with Gasteiger partial charge in [0, 0.05) is 43.9 Å². The number of urea groups is 1. The number of likely N-dealkylation sites (tertiary alicyclic amines) is 1. The maximum Gasteiger partial charge on any atom is 0.317 e. The molecular formula is C29H31N3O3. The Balaban J connectivity index is 1.12. The zero-order valence-electron chi connectivity index (χ0n) is 19.8. The number of aliphatic hydroxyl groups is 1. The number of carbonyl (C=O) groups is 1. The van der Waals surface area contributed by atoms with E-state index in [1.165, 1.54) is 11.1 Å². The molecule has 3 aromatic rings. The van der Waals surface area contributed by atoms with Gasteiger partial charge in [-0.2, -0.15) is 0 Å². The zero-order chi connectivity index (χ0) is 24.0. The molecule has 2 amide bonds. The summed E-state index contributed by atoms with van der Waals surface area (Å²) in [5.74, 6) is 1.71. The fourth-order valence-corrected chi connectivity index (χ4v) is 4.59. The molecule has 6 heteroatoms. The van der Waals surface area contributed by atoms with Gasteiger partial charge in [0.15, 0.2) is 0 Å². The number of nitrogens with zero attached hydrogens (tertiary/aromatic N) is 2. The van der Waals surface area contributed by atoms with Crippen molar-refractivity contribution in [3.8, 4) is 11.6 Å². The molecule has 2 atom stereocenters. The van der Waals surface area contributed by atoms with E-state index in [4.69, 9.17) is 9.84 Å². The molecule has 2 N–H and O–H groups in total. The van der Waals surface area contributed by atoms with Gasteiger partial charge in [-0.3, -0.25) is 0 Å². The summed E-state index contributed by atoms with van der Waals surface area (Å²) in [7, 11) is 0. The maximum atomic E-state index is 12.7. The predicted molar refractivity (Wildman–Crippen MR) is 136 cm³/mol. The van der Waals surface area contributed by atoms with Crippen LogP contribution in [0, 0.1) is 0 Å². The van der Waals surface area contributed by atoms with Crippen LogP contribution in [-0.4, -0.2) is 46.8 Å². The number of pyridine rings is 1. The number of ether oxygens (including phenoxy) is 1. The molecule has 1 saturated carbocycles. The molecule has 2 aromatic carbocycles. The summed E-state index contributed by atoms with van der Waals surface area (Å²) in [6.45, 7) is 1.58. The number of amides is 2. The smallest absolute Gasteiger partial charge is 0.317 e. The van der Waals surface area contributed by atoms with Crippen LogP contribution < -0.4 is 10.1 Å². The first-order valence-corrected chi connectivity index (χ1v) is 12.3. The Morgan fingerprint density at radius 1 is 1.09 bits per heavy atom. The summed E-state index contributed by atoms with van der Waals surface area (Å²) in [6, 6.07) is 22.4. The van der Waals surface area contributed by atoms with E-state index < -0.39 is 0 Å². The number of carbonyl (C=O) groups excluding carboxylic acids is 1. The van der Waals surface area contributed by atoms with Crippen LogP contribution in [-0.2, 0) is 6.42 Å². The molecule has 0 radical (unpaired) electrons. The average Bonchev–Trinajstić information content (AvgIpc) is 3.66. The molecule has 2 heterocycles. The monoisotopic (exact) mass is 469 g/mol. The number of hydrogen-bond acceptors (Lipinski definition) is 4. The van der Waals surface area contributed by atoms with Crippen LogP contribution in [0.4, 0.5) is 4.79 Å². The first-order valence-electron chi connectivity index (χ1n) is 12.3. The van der Waals surface area contributed by atoms with Crippen LogP contribution in [0.25, 0.3) is 6.08 Å². The van der Waals surface area contributed by atoms with Crippen molar-refractivity contribution in [3.05, 3.63) is 95.2 Å². The fraction of sp³-hybridized carbons (Fsp3) is 0.310. The molecule has 180 valence electrons. The van der Waals surface area contributed by atoms with Gasteiger partial charge in [-0.25, -0.2) is 9.78 Å². The van der Waals surface area contributed by atoms with E-state index in [0.717, 1.165) is 49.2 Å². The molecule has 1 aromatic heterocycles. The summed E-state index contributed by atoms with van der Waals surface area (Å²) in [5.41, 5.74) is 4.70. The van der Waals surface area contributed by atoms with Gasteiger partial charge in [0.1, 0.15) is 5.75 Å². The predicted octanol–water partition coefficient (Wildman–Crippen LogP) is 5.15. The van der Waals surface area contributed by atoms with Crippen molar-refractivity contribution in [2.75, 3.05) is 19.7 Å². The van der Waals surface area contributed by atoms with Crippen molar-refractivity contribution in [1.82, 2.24) is 15.2 Å². The van der Waals surface area contributed by atoms with E-state index >= 15 is 0 Å². The quantitative estimate of drug-likeness (QED) is 0.502. The van der Waals surface area contributed by atoms with Crippen LogP contribution >= 0.6 is 0 Å². The van der Waals surface area contributed by atoms with Crippen molar-refractivity contribution in [2.45, 2.75) is 37.6 Å². The van der Waals surface area contributed by atoms with Crippen molar-refractivity contribution < 1.29 is 14.6 Å². The van der Waals surface area contributed by atoms with E-state index in [-0.39, 0.29) is 18.7 Å². The van der Waals surface area contributed by atoms with Crippen LogP contribution in [0.1, 0.15) is 41.9 Å². The summed E-state index contributed by atoms with van der Waals surface area (Å²) in [6.07, 6.45) is 7.29. The summed E-state index contributed by atoms with van der Waals surface area (Å²) in [4.78, 5) is 19.0. The Morgan fingerprint density at radius 3 is 2.66 bits per heavy atom. The lowest BCUT2D eigenvalue weighted by molar-refractivity contribution is 0.193. The normalized spacial score (nSPS) is 19.2. The molecule has 1 aliphatic heterocycles. The lowest BCUT2D eigenvalue weighted by Gasteiger charge is -2.28. The van der Waals surface area contributed by atoms with E-state index in [0.29, 0.717) is 18.2 Å². The Hall–Kier alpha value is -3.64. The average molecular weight is 470 g/mol. The highest BCUT2D eigenvalue weighted by Crippen LogP contribution is 2.40. The number of nitrogens with one attached hydrogen (secondary N) is 1. The Bertz CT molecular complexity index is 1170. The lowest BCUT2D eigenvalue weighted by atomic mass is 10.0. The molecule has 5 rings (SSSR count). The minimum absolute atomic E-state index is 0.0559. The van der Waals surface area contributed by atoms with Crippen LogP contribution in [0.3, 0.4) is 0 Å². The van der Waals surface area contributed by atoms with Gasteiger partial charge in [0.25, 0.3) is 0 Å². The highest BCUT2D eigenvalue weighted by molar-refractivity contribution is 5.75. The van der Waals surface area contributed by atoms with Crippen molar-refractivity contribution in [1.29, 1.82) is 0 Å². The maximum absolute atomic E-state index is 12.7. The Morgan fingerprint density at radius 2 is 1.91 bits per heavy atom. The first kappa shape index (κ1) is 23.1. The Kier molecular flexibility index (Phi) is 7.09. The SMILES string of the molecule is O=C(N[C@@H]1C[C@H]1c1ccccc1)N1CCC(=Cc2cccc(Oc3ccc(CCO)cn3)c2)CC1. The van der Waals surface area contributed by atoms with E-state index in [9.17, 15) is 4.79 Å². The van der Waals surface area contributed by atoms with Crippen molar-refractivity contribution >= 4 is 12.1 Å². The second-order valence-corrected chi connectivity index (χ2v) is 9.25. The van der Waals surface area contributed by atoms with Crippen LogP contribution in [0.5, 0.6) is 11.6 Å². The lowest BCUT2D eigenvalue weighted by Crippen LogP contribution is -2.44. The fourth-order valence-electron chi connectivity index (χ4n) is 4.59. The molecule has 0 bridgehead atoms. The molecule has 35 heavy (non-hydrogen) atoms. The molecule has 1 saturated heterocycles. The topological polar surface area (TPSA) is 74.7 Å². The number of benzene rings is 2. The van der Waals surface area contributed by atoms with Crippen molar-refractivity contribution in [2.24, 2.45) is 0 Å². The standard InChI is InChI=1S/C29H31N3O3/c33-16-13-22-9-10-28(30-20-22)35-25-8-4-5-23(18-25)17-21-11-14-32(15-12-21)29(34)31-27-19-26(27)24-6-2-1-3-7-24/h1-10,17-18,20,26-27,33H,11-16,19H2,(H,31,34)/t26-,27+/m0/s1. The third kappa shape index (κ3) is 6.08. The molecule has 0 unspecified atom stereocenters. The summed E-state index contributed by atoms with van der Waals surface area (Å²) >= 11 is 0. The Labute approximate surface area is 206 Å². The van der Waals surface area contributed by atoms with Gasteiger partial charge >= 0.3 is 6.03 Å². The second kappa shape index (κ2) is 10.7. The molecule has 6 nitrogen and oxygen atoms in total. The first-order chi connectivity index (χ1) is 17.2. The van der Waals surface area contributed by atoms with Gasteiger partial charge in [-0.1, -0.05) is 60.2 Å². The van der Waals surface area contributed by atoms with Crippen LogP contribution in [0.15, 0.2) is 78.5 Å². The highest BCUT2D eigenvalue weighted by Gasteiger charge is 2.40. The highest BCUT2D eigenvalue weighted by atomic mass is 16.5. The van der Waals surface area contributed by atoms with Gasteiger partial charge in [-0.15, -0.1) is 0 Å². The number of hydrogen-bond donors (Lipinski definition) is 2. The molecule has 0 spiro atoms. The number of aromatic nitrogens is 1. The molecule has 2 aliphatic rings. The number of rotatable bonds is 7. The summed E-state index contributed by atoms with van der Waals surface area (Å²) < 4.78 is 5.91. The van der Waals surface area contributed by atoms with Crippen LogP contribution in [0.2, 0.25) is 0 Å².